The van der Waals surface area contributed by atoms with E-state index in [1.165, 1.54) is 0 Å². The van der Waals surface area contributed by atoms with E-state index in [0.717, 1.165) is 24.3 Å². The molecular weight excluding hydrogens is 364 g/mol. The Labute approximate surface area is 171 Å². The third-order valence-corrected chi connectivity index (χ3v) is 5.91. The lowest BCUT2D eigenvalue weighted by Crippen LogP contribution is -2.50. The molecule has 1 fully saturated rings. The quantitative estimate of drug-likeness (QED) is 0.789. The van der Waals surface area contributed by atoms with Crippen molar-refractivity contribution in [2.75, 3.05) is 19.0 Å². The maximum Gasteiger partial charge on any atom is 0.228 e. The fraction of sp³-hybridized carbons (Fsp3) is 0.333. The monoisotopic (exact) mass is 390 g/mol. The molecule has 3 atom stereocenters. The second kappa shape index (κ2) is 8.52. The lowest BCUT2D eigenvalue weighted by Gasteiger charge is -2.41. The van der Waals surface area contributed by atoms with E-state index in [-0.39, 0.29) is 29.6 Å². The molecule has 1 aliphatic carbocycles. The highest BCUT2D eigenvalue weighted by atomic mass is 16.5. The van der Waals surface area contributed by atoms with Crippen molar-refractivity contribution in [2.24, 2.45) is 17.8 Å². The second-order valence-electron chi connectivity index (χ2n) is 7.71. The highest BCUT2D eigenvalue weighted by Crippen LogP contribution is 2.38. The van der Waals surface area contributed by atoms with Gasteiger partial charge >= 0.3 is 0 Å². The summed E-state index contributed by atoms with van der Waals surface area (Å²) in [6, 6.07) is 17.3. The van der Waals surface area contributed by atoms with Crippen molar-refractivity contribution in [1.29, 1.82) is 0 Å². The second-order valence-corrected chi connectivity index (χ2v) is 7.71. The highest BCUT2D eigenvalue weighted by Gasteiger charge is 2.44. The Morgan fingerprint density at radius 3 is 2.62 bits per heavy atom. The van der Waals surface area contributed by atoms with Crippen LogP contribution < -0.4 is 10.1 Å². The summed E-state index contributed by atoms with van der Waals surface area (Å²) in [6.45, 7) is 1.32. The first-order chi connectivity index (χ1) is 14.2. The van der Waals surface area contributed by atoms with Crippen LogP contribution in [0.2, 0.25) is 0 Å². The van der Waals surface area contributed by atoms with Crippen LogP contribution in [0.4, 0.5) is 5.69 Å². The number of piperidine rings is 1. The largest absolute Gasteiger partial charge is 0.497 e. The summed E-state index contributed by atoms with van der Waals surface area (Å²) in [6.07, 6.45) is 5.67. The fourth-order valence-electron chi connectivity index (χ4n) is 4.36. The van der Waals surface area contributed by atoms with Gasteiger partial charge < -0.3 is 15.0 Å². The average Bonchev–Trinajstić information content (AvgIpc) is 2.76. The van der Waals surface area contributed by atoms with Gasteiger partial charge in [-0.2, -0.15) is 0 Å². The molecule has 1 heterocycles. The van der Waals surface area contributed by atoms with Gasteiger partial charge in [0.1, 0.15) is 5.75 Å². The van der Waals surface area contributed by atoms with Gasteiger partial charge in [-0.05, 0) is 48.6 Å². The van der Waals surface area contributed by atoms with Crippen LogP contribution in [-0.2, 0) is 16.1 Å². The molecule has 5 nitrogen and oxygen atoms in total. The Hall–Kier alpha value is -3.08. The number of benzene rings is 2. The molecule has 2 aromatic carbocycles. The van der Waals surface area contributed by atoms with Gasteiger partial charge in [0, 0.05) is 18.8 Å². The molecule has 5 heteroatoms. The molecule has 4 rings (SSSR count). The summed E-state index contributed by atoms with van der Waals surface area (Å²) in [4.78, 5) is 28.3. The molecule has 1 aliphatic heterocycles. The number of ether oxygens (including phenoxy) is 1. The zero-order chi connectivity index (χ0) is 20.2. The summed E-state index contributed by atoms with van der Waals surface area (Å²) < 4.78 is 5.16. The summed E-state index contributed by atoms with van der Waals surface area (Å²) in [7, 11) is 1.61. The smallest absolute Gasteiger partial charge is 0.228 e. The molecule has 0 aromatic heterocycles. The molecule has 0 saturated carbocycles. The molecule has 2 aliphatic rings. The van der Waals surface area contributed by atoms with Gasteiger partial charge in [-0.1, -0.05) is 42.5 Å². The third-order valence-electron chi connectivity index (χ3n) is 5.91. The number of methoxy groups -OCH3 is 1. The lowest BCUT2D eigenvalue weighted by atomic mass is 9.71. The Bertz CT molecular complexity index is 892. The number of carbonyl (C=O) groups is 2. The van der Waals surface area contributed by atoms with Gasteiger partial charge in [0.2, 0.25) is 11.8 Å². The lowest BCUT2D eigenvalue weighted by molar-refractivity contribution is -0.147. The van der Waals surface area contributed by atoms with Gasteiger partial charge in [0.15, 0.2) is 0 Å². The first kappa shape index (κ1) is 19.2. The number of carbonyl (C=O) groups excluding carboxylic acids is 2. The van der Waals surface area contributed by atoms with E-state index in [9.17, 15) is 9.59 Å². The molecule has 0 radical (unpaired) electrons. The van der Waals surface area contributed by atoms with Gasteiger partial charge in [-0.3, -0.25) is 9.59 Å². The maximum atomic E-state index is 13.3. The first-order valence-corrected chi connectivity index (χ1v) is 10.1. The van der Waals surface area contributed by atoms with E-state index in [1.807, 2.05) is 59.5 Å². The van der Waals surface area contributed by atoms with E-state index < -0.39 is 0 Å². The standard InChI is InChI=1S/C24H26N2O3/c1-29-20-12-10-19(11-13-20)25-23(27)21-9-5-8-18-14-15-26(24(28)22(18)21)16-17-6-3-2-4-7-17/h2-8,10-13,18,21-22H,9,14-16H2,1H3,(H,25,27)/t18-,21-,22+/m1/s1. The highest BCUT2D eigenvalue weighted by molar-refractivity contribution is 5.96. The van der Waals surface area contributed by atoms with E-state index in [2.05, 4.69) is 17.5 Å². The molecule has 2 aromatic rings. The van der Waals surface area contributed by atoms with Crippen LogP contribution in [0.15, 0.2) is 66.7 Å². The predicted octanol–water partition coefficient (Wildman–Crippen LogP) is 3.87. The van der Waals surface area contributed by atoms with Crippen molar-refractivity contribution in [3.63, 3.8) is 0 Å². The van der Waals surface area contributed by atoms with Crippen LogP contribution in [0.3, 0.4) is 0 Å². The SMILES string of the molecule is COc1ccc(NC(=O)[C@@H]2CC=C[C@@H]3CCN(Cc4ccccc4)C(=O)[C@@H]32)cc1. The van der Waals surface area contributed by atoms with E-state index >= 15 is 0 Å². The molecule has 2 amide bonds. The summed E-state index contributed by atoms with van der Waals surface area (Å²) >= 11 is 0. The molecule has 1 saturated heterocycles. The fourth-order valence-corrected chi connectivity index (χ4v) is 4.36. The molecule has 0 bridgehead atoms. The van der Waals surface area contributed by atoms with Gasteiger partial charge in [0.25, 0.3) is 0 Å². The number of allylic oxidation sites excluding steroid dienone is 2. The number of nitrogens with zero attached hydrogens (tertiary/aromatic N) is 1. The topological polar surface area (TPSA) is 58.6 Å². The zero-order valence-electron chi connectivity index (χ0n) is 16.6. The Kier molecular flexibility index (Phi) is 5.65. The molecular formula is C24H26N2O3. The minimum absolute atomic E-state index is 0.0873. The Morgan fingerprint density at radius 1 is 1.14 bits per heavy atom. The minimum Gasteiger partial charge on any atom is -0.497 e. The van der Waals surface area contributed by atoms with E-state index in [4.69, 9.17) is 4.74 Å². The van der Waals surface area contributed by atoms with Crippen LogP contribution in [0.1, 0.15) is 18.4 Å². The number of rotatable bonds is 5. The maximum absolute atomic E-state index is 13.3. The van der Waals surface area contributed by atoms with Crippen molar-refractivity contribution >= 4 is 17.5 Å². The molecule has 1 N–H and O–H groups in total. The van der Waals surface area contributed by atoms with Crippen molar-refractivity contribution in [2.45, 2.75) is 19.4 Å². The number of hydrogen-bond acceptors (Lipinski definition) is 3. The predicted molar refractivity (Wildman–Crippen MR) is 112 cm³/mol. The number of hydrogen-bond donors (Lipinski definition) is 1. The Morgan fingerprint density at radius 2 is 1.90 bits per heavy atom. The number of likely N-dealkylation sites (tertiary alicyclic amines) is 1. The van der Waals surface area contributed by atoms with Crippen LogP contribution in [0.25, 0.3) is 0 Å². The van der Waals surface area contributed by atoms with E-state index in [1.54, 1.807) is 7.11 Å². The van der Waals surface area contributed by atoms with Crippen LogP contribution in [0.5, 0.6) is 5.75 Å². The number of amides is 2. The molecule has 0 unspecified atom stereocenters. The van der Waals surface area contributed by atoms with Gasteiger partial charge in [0.05, 0.1) is 18.9 Å². The molecule has 0 spiro atoms. The zero-order valence-corrected chi connectivity index (χ0v) is 16.6. The van der Waals surface area contributed by atoms with Crippen molar-refractivity contribution in [3.8, 4) is 5.75 Å². The normalized spacial score (nSPS) is 23.4. The Balaban J connectivity index is 1.49. The summed E-state index contributed by atoms with van der Waals surface area (Å²) in [5, 5.41) is 2.98. The molecule has 29 heavy (non-hydrogen) atoms. The van der Waals surface area contributed by atoms with Gasteiger partial charge in [-0.25, -0.2) is 0 Å². The average molecular weight is 390 g/mol. The van der Waals surface area contributed by atoms with Crippen LogP contribution in [0, 0.1) is 17.8 Å². The number of anilines is 1. The van der Waals surface area contributed by atoms with Crippen molar-refractivity contribution < 1.29 is 14.3 Å². The van der Waals surface area contributed by atoms with Crippen molar-refractivity contribution in [3.05, 3.63) is 72.3 Å². The van der Waals surface area contributed by atoms with Crippen LogP contribution >= 0.6 is 0 Å². The van der Waals surface area contributed by atoms with E-state index in [0.29, 0.717) is 18.7 Å². The summed E-state index contributed by atoms with van der Waals surface area (Å²) in [5.41, 5.74) is 1.83. The first-order valence-electron chi connectivity index (χ1n) is 10.1. The van der Waals surface area contributed by atoms with Crippen LogP contribution in [-0.4, -0.2) is 30.4 Å². The number of nitrogens with one attached hydrogen (secondary N) is 1. The minimum atomic E-state index is -0.349. The molecule has 150 valence electrons. The number of fused-ring (bicyclic) bond motifs is 1. The summed E-state index contributed by atoms with van der Waals surface area (Å²) in [5.74, 6) is 0.222. The third kappa shape index (κ3) is 4.19. The van der Waals surface area contributed by atoms with Gasteiger partial charge in [-0.15, -0.1) is 0 Å². The van der Waals surface area contributed by atoms with Crippen molar-refractivity contribution in [1.82, 2.24) is 4.90 Å².